The van der Waals surface area contributed by atoms with Crippen LogP contribution in [0, 0.1) is 5.92 Å². The van der Waals surface area contributed by atoms with E-state index < -0.39 is 5.97 Å². The van der Waals surface area contributed by atoms with E-state index in [1.807, 2.05) is 19.9 Å². The van der Waals surface area contributed by atoms with Gasteiger partial charge in [-0.05, 0) is 73.9 Å². The first-order valence-corrected chi connectivity index (χ1v) is 15.8. The van der Waals surface area contributed by atoms with Crippen molar-refractivity contribution >= 4 is 23.0 Å². The Bertz CT molecular complexity index is 1850. The third-order valence-corrected chi connectivity index (χ3v) is 10.0. The average Bonchev–Trinajstić information content (AvgIpc) is 3.00. The molecule has 5 heterocycles. The number of rotatable bonds is 4. The maximum absolute atomic E-state index is 13.2. The number of carboxylic acids is 1. The third kappa shape index (κ3) is 3.73. The van der Waals surface area contributed by atoms with E-state index in [2.05, 4.69) is 21.6 Å². The summed E-state index contributed by atoms with van der Waals surface area (Å²) >= 11 is 0. The second kappa shape index (κ2) is 9.55. The molecule has 0 saturated heterocycles. The molecule has 1 N–H and O–H groups in total. The highest BCUT2D eigenvalue weighted by Crippen LogP contribution is 2.48. The van der Waals surface area contributed by atoms with Crippen LogP contribution in [0.1, 0.15) is 93.6 Å². The van der Waals surface area contributed by atoms with Gasteiger partial charge < -0.3 is 14.7 Å². The predicted octanol–water partition coefficient (Wildman–Crippen LogP) is 4.66. The fraction of sp³-hybridized carbons (Fsp3) is 0.417. The second-order valence-electron chi connectivity index (χ2n) is 12.9. The van der Waals surface area contributed by atoms with E-state index in [4.69, 9.17) is 4.74 Å². The Labute approximate surface area is 245 Å². The largest absolute Gasteiger partial charge is 0.478 e. The highest BCUT2D eigenvalue weighted by Gasteiger charge is 2.36. The number of benzene rings is 3. The molecule has 0 saturated carbocycles. The highest BCUT2D eigenvalue weighted by molar-refractivity contribution is 6.03. The van der Waals surface area contributed by atoms with Crippen molar-refractivity contribution in [3.63, 3.8) is 0 Å². The number of carbonyl (C=O) groups is 2. The molecule has 0 fully saturated rings. The van der Waals surface area contributed by atoms with Crippen LogP contribution >= 0.6 is 0 Å². The van der Waals surface area contributed by atoms with Gasteiger partial charge in [0.1, 0.15) is 24.6 Å². The first-order chi connectivity index (χ1) is 20.4. The fourth-order valence-corrected chi connectivity index (χ4v) is 8.23. The van der Waals surface area contributed by atoms with Gasteiger partial charge in [0.05, 0.1) is 11.1 Å². The number of ether oxygens (including phenoxy) is 1. The Kier molecular flexibility index (Phi) is 5.86. The number of fused-ring (bicyclic) bond motifs is 4. The summed E-state index contributed by atoms with van der Waals surface area (Å²) in [6.07, 6.45) is 8.32. The average molecular weight is 562 g/mol. The quantitative estimate of drug-likeness (QED) is 0.290. The van der Waals surface area contributed by atoms with Gasteiger partial charge in [-0.15, -0.1) is 0 Å². The van der Waals surface area contributed by atoms with Crippen molar-refractivity contribution in [2.45, 2.75) is 65.2 Å². The van der Waals surface area contributed by atoms with Gasteiger partial charge in [-0.1, -0.05) is 19.9 Å². The molecule has 0 atom stereocenters. The Balaban J connectivity index is 1.53. The molecule has 6 heteroatoms. The predicted molar refractivity (Wildman–Crippen MR) is 163 cm³/mol. The molecule has 3 aromatic carbocycles. The van der Waals surface area contributed by atoms with E-state index in [1.165, 1.54) is 33.3 Å². The normalized spacial score (nSPS) is 18.1. The Morgan fingerprint density at radius 2 is 1.60 bits per heavy atom. The van der Waals surface area contributed by atoms with Crippen LogP contribution in [0.15, 0.2) is 30.3 Å². The third-order valence-electron chi connectivity index (χ3n) is 10.0. The summed E-state index contributed by atoms with van der Waals surface area (Å²) in [6, 6.07) is 9.71. The summed E-state index contributed by atoms with van der Waals surface area (Å²) in [6.45, 7) is 8.07. The summed E-state index contributed by atoms with van der Waals surface area (Å²) in [5, 5.41) is 12.8. The van der Waals surface area contributed by atoms with Crippen molar-refractivity contribution in [3.05, 3.63) is 85.4 Å². The van der Waals surface area contributed by atoms with E-state index in [0.29, 0.717) is 11.1 Å². The number of carbonyl (C=O) groups excluding carboxylic acids is 1. The van der Waals surface area contributed by atoms with Gasteiger partial charge in [0.15, 0.2) is 5.78 Å². The number of aryl methyl sites for hydroxylation is 2. The van der Waals surface area contributed by atoms with Crippen LogP contribution in [-0.2, 0) is 25.7 Å². The molecule has 0 unspecified atom stereocenters. The van der Waals surface area contributed by atoms with Crippen LogP contribution in [0.4, 0.5) is 5.69 Å². The van der Waals surface area contributed by atoms with Gasteiger partial charge in [0.2, 0.25) is 5.36 Å². The van der Waals surface area contributed by atoms with Crippen LogP contribution in [-0.4, -0.2) is 43.0 Å². The summed E-state index contributed by atoms with van der Waals surface area (Å²) in [5.74, 6) is 0.644. The molecule has 3 aromatic rings. The minimum Gasteiger partial charge on any atom is -0.478 e. The zero-order chi connectivity index (χ0) is 28.7. The number of nitrogens with zero attached hydrogens (tertiary/aromatic N) is 2. The molecule has 8 rings (SSSR count). The topological polar surface area (TPSA) is 69.9 Å². The molecule has 0 aliphatic carbocycles. The van der Waals surface area contributed by atoms with E-state index in [-0.39, 0.29) is 17.3 Å². The zero-order valence-corrected chi connectivity index (χ0v) is 24.5. The monoisotopic (exact) mass is 561 g/mol. The van der Waals surface area contributed by atoms with Crippen molar-refractivity contribution in [1.29, 1.82) is 0 Å². The Morgan fingerprint density at radius 3 is 2.38 bits per heavy atom. The molecule has 0 bridgehead atoms. The lowest BCUT2D eigenvalue weighted by molar-refractivity contribution is 0.0696. The number of carboxylic acid groups (broad SMARTS) is 1. The minimum absolute atomic E-state index is 0.0219. The van der Waals surface area contributed by atoms with E-state index in [0.717, 1.165) is 105 Å². The lowest BCUT2D eigenvalue weighted by atomic mass is 9.81. The maximum Gasteiger partial charge on any atom is 0.336 e. The van der Waals surface area contributed by atoms with Crippen molar-refractivity contribution in [1.82, 2.24) is 4.58 Å². The molecule has 214 valence electrons. The molecule has 0 spiro atoms. The lowest BCUT2D eigenvalue weighted by Gasteiger charge is -2.39. The highest BCUT2D eigenvalue weighted by atomic mass is 16.5. The standard InChI is InChI=1S/C36H36N2O4/c1-20(2)33(39)23-11-12-24(36(40)41)27(19-23)30-28-17-21-7-3-13-37-15-5-9-25(31(21)37)34(28)42-35-26-10-6-16-38-14-4-8-22(32(26)38)18-29(30)35/h11-12,17-20H,3-10,13-16H2,1-2H3/p+1. The zero-order valence-electron chi connectivity index (χ0n) is 24.5. The summed E-state index contributed by atoms with van der Waals surface area (Å²) in [5.41, 5.74) is 9.81. The van der Waals surface area contributed by atoms with Crippen LogP contribution in [0.3, 0.4) is 0 Å². The van der Waals surface area contributed by atoms with E-state index >= 15 is 0 Å². The first kappa shape index (κ1) is 25.8. The summed E-state index contributed by atoms with van der Waals surface area (Å²) in [7, 11) is 0. The van der Waals surface area contributed by atoms with Crippen molar-refractivity contribution in [2.75, 3.05) is 31.1 Å². The van der Waals surface area contributed by atoms with Gasteiger partial charge in [-0.25, -0.2) is 9.37 Å². The minimum atomic E-state index is -0.980. The molecule has 0 radical (unpaired) electrons. The van der Waals surface area contributed by atoms with Gasteiger partial charge >= 0.3 is 5.97 Å². The molecular formula is C36H37N2O4+. The smallest absolute Gasteiger partial charge is 0.336 e. The van der Waals surface area contributed by atoms with Crippen LogP contribution in [0.25, 0.3) is 5.57 Å². The molecule has 5 aliphatic rings. The molecule has 5 aliphatic heterocycles. The molecule has 6 nitrogen and oxygen atoms in total. The van der Waals surface area contributed by atoms with Gasteiger partial charge in [0.25, 0.3) is 0 Å². The Hall–Kier alpha value is -3.93. The second-order valence-corrected chi connectivity index (χ2v) is 12.9. The van der Waals surface area contributed by atoms with Crippen molar-refractivity contribution in [3.8, 4) is 11.5 Å². The number of hydrogen-bond donors (Lipinski definition) is 1. The van der Waals surface area contributed by atoms with Crippen LogP contribution in [0.5, 0.6) is 11.5 Å². The molecular weight excluding hydrogens is 524 g/mol. The van der Waals surface area contributed by atoms with E-state index in [9.17, 15) is 14.7 Å². The number of Topliss-reactive ketones (excluding diaryl/α,β-unsaturated/α-hetero) is 1. The summed E-state index contributed by atoms with van der Waals surface area (Å²) < 4.78 is 9.63. The first-order valence-electron chi connectivity index (χ1n) is 15.8. The SMILES string of the molecule is CC(C)C(=O)c1ccc(C(=O)O)c(C2=c3cc4c5c(c3Oc3c2cc2c6c3CCCN6CCC2)CCC[N+]=5CCC4)c1. The number of ketones is 1. The molecule has 0 aromatic heterocycles. The van der Waals surface area contributed by atoms with Crippen molar-refractivity contribution in [2.24, 2.45) is 5.92 Å². The number of aromatic carboxylic acids is 1. The van der Waals surface area contributed by atoms with E-state index in [1.54, 1.807) is 12.1 Å². The summed E-state index contributed by atoms with van der Waals surface area (Å²) in [4.78, 5) is 28.5. The van der Waals surface area contributed by atoms with Crippen molar-refractivity contribution < 1.29 is 19.4 Å². The Morgan fingerprint density at radius 1 is 0.857 bits per heavy atom. The van der Waals surface area contributed by atoms with Crippen LogP contribution < -0.4 is 24.8 Å². The fourth-order valence-electron chi connectivity index (χ4n) is 8.23. The van der Waals surface area contributed by atoms with Gasteiger partial charge in [-0.3, -0.25) is 4.79 Å². The van der Waals surface area contributed by atoms with Gasteiger partial charge in [-0.2, -0.15) is 0 Å². The number of anilines is 1. The maximum atomic E-state index is 13.2. The van der Waals surface area contributed by atoms with Gasteiger partial charge in [0, 0.05) is 70.6 Å². The molecule has 42 heavy (non-hydrogen) atoms. The van der Waals surface area contributed by atoms with Crippen LogP contribution in [0.2, 0.25) is 0 Å². The number of hydrogen-bond acceptors (Lipinski definition) is 4. The lowest BCUT2D eigenvalue weighted by Crippen LogP contribution is -2.45. The molecule has 0 amide bonds.